The molecule has 4 aliphatic carbocycles. The standard InChI is InChI=1S/C20H19BrN2O4/c1-2-27-15-6-9(5-14(21)18(15)24)8-22-23-19(25)16-10-3-4-11(13-7-12(10)13)17(16)20(23)26/h3-6,8,10-13,16-17,24H,2,7H2,1H3/b22-8-/t10-,11-,12-,13-,16-,17+/m1/s1. The number of rotatable bonds is 4. The van der Waals surface area contributed by atoms with Crippen LogP contribution in [0.25, 0.3) is 0 Å². The molecule has 0 radical (unpaired) electrons. The van der Waals surface area contributed by atoms with Crippen LogP contribution in [0.15, 0.2) is 33.9 Å². The van der Waals surface area contributed by atoms with E-state index in [9.17, 15) is 14.7 Å². The van der Waals surface area contributed by atoms with Crippen molar-refractivity contribution in [3.8, 4) is 11.5 Å². The van der Waals surface area contributed by atoms with Gasteiger partial charge in [0.2, 0.25) is 0 Å². The molecule has 140 valence electrons. The number of hydrogen-bond acceptors (Lipinski definition) is 5. The zero-order chi connectivity index (χ0) is 18.9. The van der Waals surface area contributed by atoms with Crippen molar-refractivity contribution < 1.29 is 19.4 Å². The van der Waals surface area contributed by atoms with Crippen LogP contribution in [0.3, 0.4) is 0 Å². The molecule has 6 rings (SSSR count). The Kier molecular flexibility index (Phi) is 3.73. The summed E-state index contributed by atoms with van der Waals surface area (Å²) >= 11 is 3.28. The van der Waals surface area contributed by atoms with Gasteiger partial charge in [0.1, 0.15) is 0 Å². The summed E-state index contributed by atoms with van der Waals surface area (Å²) < 4.78 is 5.87. The maximum Gasteiger partial charge on any atom is 0.254 e. The smallest absolute Gasteiger partial charge is 0.254 e. The Hall–Kier alpha value is -2.15. The molecule has 5 aliphatic rings. The highest BCUT2D eigenvalue weighted by molar-refractivity contribution is 9.10. The minimum atomic E-state index is -0.251. The number of hydrogen-bond donors (Lipinski definition) is 1. The Balaban J connectivity index is 1.42. The Morgan fingerprint density at radius 3 is 2.44 bits per heavy atom. The first kappa shape index (κ1) is 17.0. The van der Waals surface area contributed by atoms with Crippen LogP contribution in [0.1, 0.15) is 18.9 Å². The molecule has 6 nitrogen and oxygen atoms in total. The predicted molar refractivity (Wildman–Crippen MR) is 101 cm³/mol. The third-order valence-corrected chi connectivity index (χ3v) is 6.92. The van der Waals surface area contributed by atoms with Crippen molar-refractivity contribution in [2.75, 3.05) is 6.61 Å². The zero-order valence-electron chi connectivity index (χ0n) is 14.7. The molecular formula is C20H19BrN2O4. The Morgan fingerprint density at radius 2 is 1.85 bits per heavy atom. The normalized spacial score (nSPS) is 35.7. The van der Waals surface area contributed by atoms with E-state index >= 15 is 0 Å². The number of carbonyl (C=O) groups excluding carboxylic acids is 2. The van der Waals surface area contributed by atoms with Crippen molar-refractivity contribution in [1.82, 2.24) is 5.01 Å². The molecule has 27 heavy (non-hydrogen) atoms. The van der Waals surface area contributed by atoms with Crippen LogP contribution < -0.4 is 4.74 Å². The molecule has 1 aromatic rings. The maximum atomic E-state index is 12.9. The zero-order valence-corrected chi connectivity index (χ0v) is 16.3. The van der Waals surface area contributed by atoms with Gasteiger partial charge in [0.05, 0.1) is 29.1 Å². The third kappa shape index (κ3) is 2.40. The van der Waals surface area contributed by atoms with E-state index in [0.717, 1.165) is 11.4 Å². The number of aromatic hydroxyl groups is 1. The highest BCUT2D eigenvalue weighted by Gasteiger charge is 2.67. The number of hydrazone groups is 1. The molecule has 7 heteroatoms. The minimum absolute atomic E-state index is 0.00946. The van der Waals surface area contributed by atoms with Crippen LogP contribution in [0, 0.1) is 35.5 Å². The van der Waals surface area contributed by atoms with E-state index in [1.54, 1.807) is 12.1 Å². The van der Waals surface area contributed by atoms with E-state index in [4.69, 9.17) is 4.74 Å². The van der Waals surface area contributed by atoms with Gasteiger partial charge in [0, 0.05) is 0 Å². The van der Waals surface area contributed by atoms with Gasteiger partial charge in [-0.15, -0.1) is 0 Å². The lowest BCUT2D eigenvalue weighted by atomic mass is 9.63. The molecule has 0 spiro atoms. The Morgan fingerprint density at radius 1 is 1.22 bits per heavy atom. The van der Waals surface area contributed by atoms with Crippen LogP contribution in [0.5, 0.6) is 11.5 Å². The summed E-state index contributed by atoms with van der Waals surface area (Å²) in [6.45, 7) is 2.23. The first-order valence-electron chi connectivity index (χ1n) is 9.26. The van der Waals surface area contributed by atoms with Crippen LogP contribution in [0.2, 0.25) is 0 Å². The molecule has 0 unspecified atom stereocenters. The van der Waals surface area contributed by atoms with E-state index in [0.29, 0.717) is 34.2 Å². The minimum Gasteiger partial charge on any atom is -0.503 e. The molecule has 0 aromatic heterocycles. The Bertz CT molecular complexity index is 875. The summed E-state index contributed by atoms with van der Waals surface area (Å²) in [6, 6.07) is 3.30. The maximum absolute atomic E-state index is 12.9. The first-order chi connectivity index (χ1) is 13.0. The molecule has 2 bridgehead atoms. The molecule has 1 N–H and O–H groups in total. The lowest BCUT2D eigenvalue weighted by Gasteiger charge is -2.37. The second-order valence-corrected chi connectivity index (χ2v) is 8.52. The average molecular weight is 431 g/mol. The van der Waals surface area contributed by atoms with E-state index in [1.807, 2.05) is 6.92 Å². The van der Waals surface area contributed by atoms with Crippen LogP contribution in [-0.4, -0.2) is 34.8 Å². The van der Waals surface area contributed by atoms with Gasteiger partial charge in [0.25, 0.3) is 11.8 Å². The summed E-state index contributed by atoms with van der Waals surface area (Å²) in [5.41, 5.74) is 0.627. The number of halogens is 1. The van der Waals surface area contributed by atoms with Gasteiger partial charge >= 0.3 is 0 Å². The van der Waals surface area contributed by atoms with Gasteiger partial charge < -0.3 is 9.84 Å². The fraction of sp³-hybridized carbons (Fsp3) is 0.450. The van der Waals surface area contributed by atoms with Gasteiger partial charge in [-0.1, -0.05) is 12.2 Å². The van der Waals surface area contributed by atoms with Gasteiger partial charge in [-0.25, -0.2) is 0 Å². The average Bonchev–Trinajstić information content (AvgIpc) is 3.43. The molecule has 1 aliphatic heterocycles. The SMILES string of the molecule is CCOc1cc(/C=N\N2C(=O)[C@@H]3[C@@H]4C=C[C@H]([C@H]5C[C@H]45)[C@@H]3C2=O)cc(Br)c1O. The number of phenols is 1. The van der Waals surface area contributed by atoms with Gasteiger partial charge in [-0.2, -0.15) is 10.1 Å². The fourth-order valence-electron chi connectivity index (χ4n) is 5.11. The topological polar surface area (TPSA) is 79.2 Å². The number of carbonyl (C=O) groups is 2. The van der Waals surface area contributed by atoms with E-state index in [1.165, 1.54) is 6.21 Å². The number of allylic oxidation sites excluding steroid dienone is 2. The first-order valence-corrected chi connectivity index (χ1v) is 10.1. The summed E-state index contributed by atoms with van der Waals surface area (Å²) in [7, 11) is 0. The Labute approximate surface area is 165 Å². The number of imide groups is 1. The second-order valence-electron chi connectivity index (χ2n) is 7.67. The summed E-state index contributed by atoms with van der Waals surface area (Å²) in [6.07, 6.45) is 6.89. The number of nitrogens with zero attached hydrogens (tertiary/aromatic N) is 2. The number of ether oxygens (including phenoxy) is 1. The van der Waals surface area contributed by atoms with Gasteiger partial charge in [-0.05, 0) is 70.6 Å². The summed E-state index contributed by atoms with van der Waals surface area (Å²) in [5.74, 6) is 0.981. The van der Waals surface area contributed by atoms with E-state index < -0.39 is 0 Å². The molecule has 2 saturated carbocycles. The van der Waals surface area contributed by atoms with Gasteiger partial charge in [0.15, 0.2) is 11.5 Å². The molecule has 3 fully saturated rings. The van der Waals surface area contributed by atoms with E-state index in [2.05, 4.69) is 33.2 Å². The number of amides is 2. The highest BCUT2D eigenvalue weighted by Crippen LogP contribution is 2.65. The fourth-order valence-corrected chi connectivity index (χ4v) is 5.57. The molecule has 2 amide bonds. The van der Waals surface area contributed by atoms with Gasteiger partial charge in [-0.3, -0.25) is 9.59 Å². The lowest BCUT2D eigenvalue weighted by Crippen LogP contribution is -2.40. The summed E-state index contributed by atoms with van der Waals surface area (Å²) in [4.78, 5) is 25.8. The number of phenolic OH excluding ortho intramolecular Hbond substituents is 1. The van der Waals surface area contributed by atoms with Crippen molar-refractivity contribution in [3.05, 3.63) is 34.3 Å². The molecular weight excluding hydrogens is 412 g/mol. The third-order valence-electron chi connectivity index (χ3n) is 6.31. The van der Waals surface area contributed by atoms with Crippen molar-refractivity contribution in [2.24, 2.45) is 40.6 Å². The van der Waals surface area contributed by atoms with Crippen LogP contribution in [0.4, 0.5) is 0 Å². The molecule has 1 heterocycles. The summed E-state index contributed by atoms with van der Waals surface area (Å²) in [5, 5.41) is 15.3. The predicted octanol–water partition coefficient (Wildman–Crippen LogP) is 2.94. The molecule has 6 atom stereocenters. The highest BCUT2D eigenvalue weighted by atomic mass is 79.9. The van der Waals surface area contributed by atoms with Crippen molar-refractivity contribution in [2.45, 2.75) is 13.3 Å². The van der Waals surface area contributed by atoms with Crippen molar-refractivity contribution >= 4 is 34.0 Å². The molecule has 1 saturated heterocycles. The lowest BCUT2D eigenvalue weighted by molar-refractivity contribution is -0.140. The van der Waals surface area contributed by atoms with Crippen molar-refractivity contribution in [1.29, 1.82) is 0 Å². The number of benzene rings is 1. The largest absolute Gasteiger partial charge is 0.503 e. The molecule has 1 aromatic carbocycles. The monoisotopic (exact) mass is 430 g/mol. The van der Waals surface area contributed by atoms with Crippen LogP contribution >= 0.6 is 15.9 Å². The second kappa shape index (κ2) is 5.92. The van der Waals surface area contributed by atoms with Crippen molar-refractivity contribution in [3.63, 3.8) is 0 Å². The quantitative estimate of drug-likeness (QED) is 0.452. The van der Waals surface area contributed by atoms with Crippen LogP contribution in [-0.2, 0) is 9.59 Å². The van der Waals surface area contributed by atoms with E-state index in [-0.39, 0.29) is 41.2 Å².